The summed E-state index contributed by atoms with van der Waals surface area (Å²) in [6, 6.07) is 9.02. The summed E-state index contributed by atoms with van der Waals surface area (Å²) in [5.41, 5.74) is 1.71. The first-order valence-corrected chi connectivity index (χ1v) is 6.51. The van der Waals surface area contributed by atoms with Crippen LogP contribution in [-0.4, -0.2) is 31.1 Å². The van der Waals surface area contributed by atoms with E-state index in [-0.39, 0.29) is 11.3 Å². The lowest BCUT2D eigenvalue weighted by atomic mass is 10.1. The molecule has 0 radical (unpaired) electrons. The summed E-state index contributed by atoms with van der Waals surface area (Å²) < 4.78 is 10.3. The molecule has 1 aromatic carbocycles. The maximum Gasteiger partial charge on any atom is 0.355 e. The molecule has 0 fully saturated rings. The number of carbonyl (C=O) groups excluding carboxylic acids is 2. The van der Waals surface area contributed by atoms with Crippen LogP contribution < -0.4 is 0 Å². The lowest BCUT2D eigenvalue weighted by Crippen LogP contribution is -2.10. The van der Waals surface area contributed by atoms with Crippen LogP contribution in [0.25, 0.3) is 11.3 Å². The van der Waals surface area contributed by atoms with Crippen molar-refractivity contribution in [3.8, 4) is 11.3 Å². The summed E-state index contributed by atoms with van der Waals surface area (Å²) in [6.07, 6.45) is 0. The highest BCUT2D eigenvalue weighted by molar-refractivity contribution is 9.10. The summed E-state index contributed by atoms with van der Waals surface area (Å²) in [7, 11) is 2.51. The number of esters is 2. The van der Waals surface area contributed by atoms with E-state index >= 15 is 0 Å². The Morgan fingerprint density at radius 1 is 1.05 bits per heavy atom. The van der Waals surface area contributed by atoms with E-state index in [0.29, 0.717) is 5.69 Å². The molecule has 0 saturated carbocycles. The number of hydrogen-bond donors (Lipinski definition) is 1. The summed E-state index contributed by atoms with van der Waals surface area (Å²) in [5.74, 6) is -1.21. The summed E-state index contributed by atoms with van der Waals surface area (Å²) in [5, 5.41) is 0. The summed E-state index contributed by atoms with van der Waals surface area (Å²) in [6.45, 7) is 0. The number of aromatic nitrogens is 1. The van der Waals surface area contributed by atoms with Gasteiger partial charge in [-0.05, 0) is 23.8 Å². The molecule has 0 aliphatic heterocycles. The second kappa shape index (κ2) is 5.92. The van der Waals surface area contributed by atoms with Crippen LogP contribution >= 0.6 is 15.9 Å². The molecular weight excluding hydrogens is 326 g/mol. The SMILES string of the molecule is COC(=O)c1cc(-c2ccc(Br)cc2)[nH]c1C(=O)OC. The number of carbonyl (C=O) groups is 2. The van der Waals surface area contributed by atoms with Gasteiger partial charge < -0.3 is 14.5 Å². The molecule has 5 nitrogen and oxygen atoms in total. The van der Waals surface area contributed by atoms with Gasteiger partial charge in [-0.1, -0.05) is 28.1 Å². The highest BCUT2D eigenvalue weighted by atomic mass is 79.9. The zero-order chi connectivity index (χ0) is 14.7. The molecule has 0 unspecified atom stereocenters. The molecule has 20 heavy (non-hydrogen) atoms. The Balaban J connectivity index is 2.51. The van der Waals surface area contributed by atoms with Crippen molar-refractivity contribution in [1.82, 2.24) is 4.98 Å². The Bertz CT molecular complexity index is 612. The number of ether oxygens (including phenoxy) is 2. The molecule has 0 bridgehead atoms. The van der Waals surface area contributed by atoms with Crippen molar-refractivity contribution in [2.75, 3.05) is 14.2 Å². The Kier molecular flexibility index (Phi) is 4.24. The minimum atomic E-state index is -0.617. The molecule has 2 rings (SSSR count). The maximum atomic E-state index is 11.7. The number of benzene rings is 1. The van der Waals surface area contributed by atoms with Gasteiger partial charge in [0.1, 0.15) is 5.69 Å². The molecule has 0 atom stereocenters. The number of hydrogen-bond acceptors (Lipinski definition) is 4. The molecule has 1 heterocycles. The van der Waals surface area contributed by atoms with E-state index in [1.807, 2.05) is 24.3 Å². The highest BCUT2D eigenvalue weighted by Gasteiger charge is 2.22. The van der Waals surface area contributed by atoms with Crippen LogP contribution in [0.1, 0.15) is 20.8 Å². The van der Waals surface area contributed by atoms with Crippen molar-refractivity contribution in [1.29, 1.82) is 0 Å². The number of nitrogens with one attached hydrogen (secondary N) is 1. The van der Waals surface area contributed by atoms with Gasteiger partial charge >= 0.3 is 11.9 Å². The number of aromatic amines is 1. The van der Waals surface area contributed by atoms with E-state index in [2.05, 4.69) is 30.4 Å². The van der Waals surface area contributed by atoms with Gasteiger partial charge in [0.05, 0.1) is 19.8 Å². The van der Waals surface area contributed by atoms with Crippen LogP contribution in [0.4, 0.5) is 0 Å². The Labute approximate surface area is 124 Å². The third-order valence-electron chi connectivity index (χ3n) is 2.77. The molecule has 0 aliphatic carbocycles. The first kappa shape index (κ1) is 14.3. The zero-order valence-electron chi connectivity index (χ0n) is 10.9. The third kappa shape index (κ3) is 2.75. The van der Waals surface area contributed by atoms with Gasteiger partial charge in [-0.3, -0.25) is 0 Å². The normalized spacial score (nSPS) is 10.2. The number of methoxy groups -OCH3 is 2. The maximum absolute atomic E-state index is 11.7. The number of rotatable bonds is 3. The van der Waals surface area contributed by atoms with Crippen molar-refractivity contribution in [3.63, 3.8) is 0 Å². The van der Waals surface area contributed by atoms with Gasteiger partial charge in [0, 0.05) is 10.2 Å². The first-order chi connectivity index (χ1) is 9.56. The molecule has 1 N–H and O–H groups in total. The molecule has 2 aromatic rings. The lowest BCUT2D eigenvalue weighted by Gasteiger charge is -2.00. The van der Waals surface area contributed by atoms with Gasteiger partial charge in [-0.2, -0.15) is 0 Å². The van der Waals surface area contributed by atoms with Gasteiger partial charge in [-0.25, -0.2) is 9.59 Å². The van der Waals surface area contributed by atoms with Crippen molar-refractivity contribution < 1.29 is 19.1 Å². The molecule has 0 amide bonds. The molecule has 1 aromatic heterocycles. The minimum absolute atomic E-state index is 0.0808. The highest BCUT2D eigenvalue weighted by Crippen LogP contribution is 2.24. The Morgan fingerprint density at radius 3 is 2.20 bits per heavy atom. The molecular formula is C14H12BrNO4. The predicted octanol–water partition coefficient (Wildman–Crippen LogP) is 3.02. The van der Waals surface area contributed by atoms with Gasteiger partial charge in [-0.15, -0.1) is 0 Å². The first-order valence-electron chi connectivity index (χ1n) is 5.72. The van der Waals surface area contributed by atoms with Gasteiger partial charge in [0.15, 0.2) is 0 Å². The van der Waals surface area contributed by atoms with Crippen LogP contribution in [0.2, 0.25) is 0 Å². The summed E-state index contributed by atoms with van der Waals surface area (Å²) in [4.78, 5) is 26.3. The fraction of sp³-hybridized carbons (Fsp3) is 0.143. The second-order valence-corrected chi connectivity index (χ2v) is 4.88. The van der Waals surface area contributed by atoms with Crippen molar-refractivity contribution in [3.05, 3.63) is 46.1 Å². The van der Waals surface area contributed by atoms with E-state index in [1.54, 1.807) is 6.07 Å². The fourth-order valence-corrected chi connectivity index (χ4v) is 2.04. The average molecular weight is 338 g/mol. The van der Waals surface area contributed by atoms with Crippen LogP contribution in [0.5, 0.6) is 0 Å². The standard InChI is InChI=1S/C14H12BrNO4/c1-19-13(17)10-7-11(16-12(10)14(18)20-2)8-3-5-9(15)6-4-8/h3-7,16H,1-2H3. The lowest BCUT2D eigenvalue weighted by molar-refractivity contribution is 0.0552. The van der Waals surface area contributed by atoms with E-state index in [0.717, 1.165) is 10.0 Å². The smallest absolute Gasteiger partial charge is 0.355 e. The fourth-order valence-electron chi connectivity index (χ4n) is 1.77. The molecule has 0 saturated heterocycles. The van der Waals surface area contributed by atoms with Crippen molar-refractivity contribution in [2.45, 2.75) is 0 Å². The average Bonchev–Trinajstić information content (AvgIpc) is 2.91. The topological polar surface area (TPSA) is 68.4 Å². The van der Waals surface area contributed by atoms with Crippen LogP contribution in [-0.2, 0) is 9.47 Å². The Hall–Kier alpha value is -2.08. The predicted molar refractivity (Wildman–Crippen MR) is 76.6 cm³/mol. The number of halogens is 1. The van der Waals surface area contributed by atoms with Crippen molar-refractivity contribution >= 4 is 27.9 Å². The molecule has 6 heteroatoms. The van der Waals surface area contributed by atoms with E-state index in [9.17, 15) is 9.59 Å². The van der Waals surface area contributed by atoms with E-state index in [1.165, 1.54) is 14.2 Å². The Morgan fingerprint density at radius 2 is 1.65 bits per heavy atom. The van der Waals surface area contributed by atoms with Crippen LogP contribution in [0, 0.1) is 0 Å². The largest absolute Gasteiger partial charge is 0.465 e. The molecule has 0 aliphatic rings. The van der Waals surface area contributed by atoms with Crippen LogP contribution in [0.3, 0.4) is 0 Å². The van der Waals surface area contributed by atoms with E-state index in [4.69, 9.17) is 0 Å². The third-order valence-corrected chi connectivity index (χ3v) is 3.30. The zero-order valence-corrected chi connectivity index (χ0v) is 12.5. The monoisotopic (exact) mass is 337 g/mol. The van der Waals surface area contributed by atoms with Gasteiger partial charge in [0.2, 0.25) is 0 Å². The molecule has 0 spiro atoms. The van der Waals surface area contributed by atoms with Crippen molar-refractivity contribution in [2.24, 2.45) is 0 Å². The summed E-state index contributed by atoms with van der Waals surface area (Å²) >= 11 is 3.35. The van der Waals surface area contributed by atoms with Crippen LogP contribution in [0.15, 0.2) is 34.8 Å². The van der Waals surface area contributed by atoms with E-state index < -0.39 is 11.9 Å². The molecule has 104 valence electrons. The number of H-pyrrole nitrogens is 1. The second-order valence-electron chi connectivity index (χ2n) is 3.96. The quantitative estimate of drug-likeness (QED) is 0.874. The van der Waals surface area contributed by atoms with Gasteiger partial charge in [0.25, 0.3) is 0 Å². The minimum Gasteiger partial charge on any atom is -0.465 e.